The summed E-state index contributed by atoms with van der Waals surface area (Å²) in [7, 11) is 0. The summed E-state index contributed by atoms with van der Waals surface area (Å²) in [6, 6.07) is 21.7. The number of carboxylic acids is 1. The van der Waals surface area contributed by atoms with Crippen LogP contribution in [0.4, 0.5) is 18.9 Å². The minimum atomic E-state index is -4.47. The van der Waals surface area contributed by atoms with Crippen molar-refractivity contribution in [2.24, 2.45) is 0 Å². The van der Waals surface area contributed by atoms with Crippen LogP contribution in [0, 0.1) is 0 Å². The van der Waals surface area contributed by atoms with Crippen LogP contribution < -0.4 is 20.1 Å². The third-order valence-electron chi connectivity index (χ3n) is 7.86. The van der Waals surface area contributed by atoms with Crippen LogP contribution in [-0.4, -0.2) is 41.5 Å². The third kappa shape index (κ3) is 12.3. The van der Waals surface area contributed by atoms with E-state index in [0.717, 1.165) is 25.0 Å². The highest BCUT2D eigenvalue weighted by molar-refractivity contribution is 5.98. The van der Waals surface area contributed by atoms with Crippen LogP contribution in [0.5, 0.6) is 11.5 Å². The largest absolute Gasteiger partial charge is 0.494 e. The molecule has 2 amide bonds. The van der Waals surface area contributed by atoms with Gasteiger partial charge in [-0.2, -0.15) is 13.2 Å². The number of carboxylic acid groups (broad SMARTS) is 1. The normalized spacial score (nSPS) is 11.7. The number of carbonyl (C=O) groups excluding carboxylic acids is 3. The Morgan fingerprint density at radius 3 is 1.92 bits per heavy atom. The molecule has 3 N–H and O–H groups in total. The minimum Gasteiger partial charge on any atom is -0.494 e. The van der Waals surface area contributed by atoms with E-state index in [-0.39, 0.29) is 24.2 Å². The first-order valence-electron chi connectivity index (χ1n) is 16.5. The highest BCUT2D eigenvalue weighted by Crippen LogP contribution is 2.29. The molecule has 0 aliphatic heterocycles. The van der Waals surface area contributed by atoms with Crippen LogP contribution >= 0.6 is 0 Å². The maximum Gasteiger partial charge on any atom is 0.416 e. The summed E-state index contributed by atoms with van der Waals surface area (Å²) in [5.41, 5.74) is 0.984. The molecule has 12 heteroatoms. The predicted molar refractivity (Wildman–Crippen MR) is 185 cm³/mol. The summed E-state index contributed by atoms with van der Waals surface area (Å²) in [5.74, 6) is -2.01. The molecule has 0 saturated heterocycles. The third-order valence-corrected chi connectivity index (χ3v) is 7.86. The highest BCUT2D eigenvalue weighted by atomic mass is 19.4. The molecule has 0 heterocycles. The van der Waals surface area contributed by atoms with E-state index in [1.54, 1.807) is 36.4 Å². The summed E-state index contributed by atoms with van der Waals surface area (Å²) in [4.78, 5) is 49.8. The molecule has 0 radical (unpaired) electrons. The zero-order valence-electron chi connectivity index (χ0n) is 28.0. The van der Waals surface area contributed by atoms with Gasteiger partial charge in [0.05, 0.1) is 24.2 Å². The summed E-state index contributed by atoms with van der Waals surface area (Å²) in [5, 5.41) is 14.9. The van der Waals surface area contributed by atoms with E-state index < -0.39 is 41.5 Å². The first kappa shape index (κ1) is 38.2. The number of ether oxygens (including phenoxy) is 2. The molecule has 268 valence electrons. The number of nitrogens with one attached hydrogen (secondary N) is 2. The molecule has 9 nitrogen and oxygen atoms in total. The number of hydrogen-bond donors (Lipinski definition) is 3. The number of benzene rings is 4. The lowest BCUT2D eigenvalue weighted by Crippen LogP contribution is -2.42. The van der Waals surface area contributed by atoms with Gasteiger partial charge < -0.3 is 25.2 Å². The van der Waals surface area contributed by atoms with Crippen molar-refractivity contribution in [2.45, 2.75) is 64.1 Å². The van der Waals surface area contributed by atoms with Gasteiger partial charge in [0.15, 0.2) is 0 Å². The van der Waals surface area contributed by atoms with Gasteiger partial charge in [0, 0.05) is 17.7 Å². The maximum atomic E-state index is 12.8. The Bertz CT molecular complexity index is 1760. The monoisotopic (exact) mass is 704 g/mol. The second-order valence-electron chi connectivity index (χ2n) is 11.9. The molecule has 51 heavy (non-hydrogen) atoms. The highest BCUT2D eigenvalue weighted by Gasteiger charge is 2.30. The summed E-state index contributed by atoms with van der Waals surface area (Å²) in [6.07, 6.45) is 0.995. The van der Waals surface area contributed by atoms with E-state index in [2.05, 4.69) is 17.6 Å². The van der Waals surface area contributed by atoms with Crippen molar-refractivity contribution >= 4 is 29.4 Å². The van der Waals surface area contributed by atoms with E-state index in [4.69, 9.17) is 9.47 Å². The van der Waals surface area contributed by atoms with Gasteiger partial charge >= 0.3 is 18.1 Å². The molecule has 0 unspecified atom stereocenters. The van der Waals surface area contributed by atoms with Crippen LogP contribution in [0.1, 0.15) is 76.4 Å². The van der Waals surface area contributed by atoms with Crippen LogP contribution in [0.15, 0.2) is 97.1 Å². The van der Waals surface area contributed by atoms with Gasteiger partial charge in [0.25, 0.3) is 5.91 Å². The first-order valence-corrected chi connectivity index (χ1v) is 16.5. The Kier molecular flexibility index (Phi) is 13.7. The molecule has 0 aliphatic rings. The van der Waals surface area contributed by atoms with Crippen molar-refractivity contribution in [3.05, 3.63) is 125 Å². The number of amides is 2. The number of carbonyl (C=O) groups is 4. The number of halogens is 3. The second-order valence-corrected chi connectivity index (χ2v) is 11.9. The van der Waals surface area contributed by atoms with Crippen molar-refractivity contribution in [1.29, 1.82) is 0 Å². The molecular weight excluding hydrogens is 665 g/mol. The average Bonchev–Trinajstić information content (AvgIpc) is 3.10. The SMILES string of the molecule is CCCCCCCOc1ccc(C(=O)Oc2ccc(C[C@H](NC(=O)c3ccc(NC(=O)Cc4ccc(C(F)(F)F)cc4)cc3)C(=O)O)cc2)cc1. The van der Waals surface area contributed by atoms with Gasteiger partial charge in [-0.05, 0) is 90.3 Å². The van der Waals surface area contributed by atoms with Gasteiger partial charge in [-0.3, -0.25) is 9.59 Å². The van der Waals surface area contributed by atoms with Gasteiger partial charge in [0.2, 0.25) is 5.91 Å². The minimum absolute atomic E-state index is 0.0482. The van der Waals surface area contributed by atoms with Crippen molar-refractivity contribution in [3.8, 4) is 11.5 Å². The Balaban J connectivity index is 1.24. The van der Waals surface area contributed by atoms with E-state index >= 15 is 0 Å². The molecule has 0 fully saturated rings. The molecule has 0 bridgehead atoms. The van der Waals surface area contributed by atoms with E-state index in [1.807, 2.05) is 0 Å². The summed E-state index contributed by atoms with van der Waals surface area (Å²) < 4.78 is 49.5. The zero-order valence-corrected chi connectivity index (χ0v) is 28.0. The summed E-state index contributed by atoms with van der Waals surface area (Å²) in [6.45, 7) is 2.78. The van der Waals surface area contributed by atoms with Gasteiger partial charge in [0.1, 0.15) is 17.5 Å². The fraction of sp³-hybridized carbons (Fsp3) is 0.282. The lowest BCUT2D eigenvalue weighted by molar-refractivity contribution is -0.139. The smallest absolute Gasteiger partial charge is 0.416 e. The number of aliphatic carboxylic acids is 1. The first-order chi connectivity index (χ1) is 24.4. The Labute approximate surface area is 293 Å². The lowest BCUT2D eigenvalue weighted by atomic mass is 10.0. The fourth-order valence-corrected chi connectivity index (χ4v) is 5.03. The van der Waals surface area contributed by atoms with Crippen LogP contribution in [-0.2, 0) is 28.6 Å². The van der Waals surface area contributed by atoms with E-state index in [0.29, 0.717) is 34.7 Å². The second kappa shape index (κ2) is 18.4. The topological polar surface area (TPSA) is 131 Å². The van der Waals surface area contributed by atoms with Crippen LogP contribution in [0.25, 0.3) is 0 Å². The lowest BCUT2D eigenvalue weighted by Gasteiger charge is -2.15. The molecule has 0 spiro atoms. The number of esters is 1. The predicted octanol–water partition coefficient (Wildman–Crippen LogP) is 7.88. The Morgan fingerprint density at radius 2 is 1.31 bits per heavy atom. The average molecular weight is 705 g/mol. The van der Waals surface area contributed by atoms with Crippen molar-refractivity contribution < 1.29 is 46.9 Å². The molecule has 0 saturated carbocycles. The molecule has 4 aromatic carbocycles. The molecular formula is C39H39F3N2O7. The number of alkyl halides is 3. The zero-order chi connectivity index (χ0) is 36.8. The molecule has 0 aromatic heterocycles. The number of unbranched alkanes of at least 4 members (excludes halogenated alkanes) is 4. The number of rotatable bonds is 17. The standard InChI is InChI=1S/C39H39F3N2O7/c1-2-3-4-5-6-23-50-32-21-13-29(14-22-32)38(49)51-33-19-9-26(10-20-33)24-34(37(47)48)44-36(46)28-11-17-31(18-12-28)43-35(45)25-27-7-15-30(16-8-27)39(40,41)42/h7-22,34H,2-6,23-25H2,1H3,(H,43,45)(H,44,46)(H,47,48)/t34-/m0/s1. The van der Waals surface area contributed by atoms with E-state index in [9.17, 15) is 37.5 Å². The van der Waals surface area contributed by atoms with Crippen molar-refractivity contribution in [2.75, 3.05) is 11.9 Å². The quantitative estimate of drug-likeness (QED) is 0.0579. The molecule has 1 atom stereocenters. The molecule has 0 aliphatic carbocycles. The van der Waals surface area contributed by atoms with Crippen LogP contribution in [0.3, 0.4) is 0 Å². The Morgan fingerprint density at radius 1 is 0.725 bits per heavy atom. The summed E-state index contributed by atoms with van der Waals surface area (Å²) >= 11 is 0. The maximum absolute atomic E-state index is 12.8. The Hall–Kier alpha value is -5.65. The van der Waals surface area contributed by atoms with Crippen molar-refractivity contribution in [1.82, 2.24) is 5.32 Å². The van der Waals surface area contributed by atoms with Crippen LogP contribution in [0.2, 0.25) is 0 Å². The fourth-order valence-electron chi connectivity index (χ4n) is 5.03. The van der Waals surface area contributed by atoms with Gasteiger partial charge in [-0.15, -0.1) is 0 Å². The number of hydrogen-bond acceptors (Lipinski definition) is 6. The van der Waals surface area contributed by atoms with E-state index in [1.165, 1.54) is 67.8 Å². The molecule has 4 aromatic rings. The van der Waals surface area contributed by atoms with Crippen molar-refractivity contribution in [3.63, 3.8) is 0 Å². The van der Waals surface area contributed by atoms with Gasteiger partial charge in [-0.25, -0.2) is 9.59 Å². The molecule has 4 rings (SSSR count). The number of anilines is 1. The van der Waals surface area contributed by atoms with Gasteiger partial charge in [-0.1, -0.05) is 56.9 Å².